The molecule has 0 amide bonds. The summed E-state index contributed by atoms with van der Waals surface area (Å²) in [6.45, 7) is 0.543. The lowest BCUT2D eigenvalue weighted by molar-refractivity contribution is 0.251. The lowest BCUT2D eigenvalue weighted by Crippen LogP contribution is -2.45. The summed E-state index contributed by atoms with van der Waals surface area (Å²) in [4.78, 5) is 0. The highest BCUT2D eigenvalue weighted by Crippen LogP contribution is 2.28. The Hall–Kier alpha value is -0.430. The minimum Gasteiger partial charge on any atom is -0.315 e. The Bertz CT molecular complexity index is 493. The van der Waals surface area contributed by atoms with Gasteiger partial charge in [-0.1, -0.05) is 25.3 Å². The van der Waals surface area contributed by atoms with Gasteiger partial charge < -0.3 is 5.32 Å². The van der Waals surface area contributed by atoms with Crippen molar-refractivity contribution in [2.45, 2.75) is 42.4 Å². The zero-order valence-corrected chi connectivity index (χ0v) is 13.8. The van der Waals surface area contributed by atoms with E-state index in [1.807, 2.05) is 7.05 Å². The number of likely N-dealkylation sites (N-methyl/N-ethyl adjacent to an activating group) is 2. The van der Waals surface area contributed by atoms with Gasteiger partial charge in [0.25, 0.3) is 10.0 Å². The molecule has 0 aromatic carbocycles. The first-order chi connectivity index (χ1) is 9.55. The van der Waals surface area contributed by atoms with E-state index >= 15 is 0 Å². The second-order valence-corrected chi connectivity index (χ2v) is 8.73. The van der Waals surface area contributed by atoms with Gasteiger partial charge in [-0.25, -0.2) is 8.42 Å². The highest BCUT2D eigenvalue weighted by atomic mass is 32.2. The molecule has 1 aromatic rings. The van der Waals surface area contributed by atoms with Crippen molar-refractivity contribution in [3.05, 3.63) is 17.5 Å². The van der Waals surface area contributed by atoms with Gasteiger partial charge >= 0.3 is 0 Å². The van der Waals surface area contributed by atoms with Crippen LogP contribution in [0.25, 0.3) is 0 Å². The molecule has 0 radical (unpaired) electrons. The lowest BCUT2D eigenvalue weighted by atomic mass is 9.84. The first kappa shape index (κ1) is 15.9. The summed E-state index contributed by atoms with van der Waals surface area (Å²) in [5.41, 5.74) is 0. The van der Waals surface area contributed by atoms with Crippen molar-refractivity contribution in [3.63, 3.8) is 0 Å². The minimum absolute atomic E-state index is 0.245. The van der Waals surface area contributed by atoms with E-state index in [1.165, 1.54) is 47.7 Å². The highest BCUT2D eigenvalue weighted by molar-refractivity contribution is 7.91. The van der Waals surface area contributed by atoms with E-state index in [4.69, 9.17) is 0 Å². The molecule has 114 valence electrons. The minimum atomic E-state index is -3.33. The van der Waals surface area contributed by atoms with E-state index in [-0.39, 0.29) is 6.04 Å². The van der Waals surface area contributed by atoms with Gasteiger partial charge in [-0.2, -0.15) is 4.31 Å². The van der Waals surface area contributed by atoms with Crippen molar-refractivity contribution < 1.29 is 8.42 Å². The Morgan fingerprint density at radius 2 is 2.10 bits per heavy atom. The molecule has 0 unspecified atom stereocenters. The average molecular weight is 316 g/mol. The van der Waals surface area contributed by atoms with Crippen LogP contribution in [0, 0.1) is 5.92 Å². The number of hydrogen-bond acceptors (Lipinski definition) is 4. The van der Waals surface area contributed by atoms with Crippen LogP contribution >= 0.6 is 11.3 Å². The number of thiophene rings is 1. The number of sulfonamides is 1. The van der Waals surface area contributed by atoms with E-state index in [2.05, 4.69) is 5.32 Å². The average Bonchev–Trinajstić information content (AvgIpc) is 3.00. The molecule has 1 fully saturated rings. The second-order valence-electron chi connectivity index (χ2n) is 5.51. The lowest BCUT2D eigenvalue weighted by Gasteiger charge is -2.32. The van der Waals surface area contributed by atoms with Gasteiger partial charge in [-0.15, -0.1) is 11.3 Å². The SMILES string of the molecule is CN[C@H](CN(C)S(=O)(=O)c1cccs1)C1CCCCC1. The van der Waals surface area contributed by atoms with Gasteiger partial charge in [0.1, 0.15) is 4.21 Å². The molecular weight excluding hydrogens is 292 g/mol. The molecule has 20 heavy (non-hydrogen) atoms. The smallest absolute Gasteiger partial charge is 0.252 e. The van der Waals surface area contributed by atoms with Gasteiger partial charge in [0.2, 0.25) is 0 Å². The fourth-order valence-electron chi connectivity index (χ4n) is 2.95. The van der Waals surface area contributed by atoms with Crippen molar-refractivity contribution in [2.75, 3.05) is 20.6 Å². The summed E-state index contributed by atoms with van der Waals surface area (Å²) in [5.74, 6) is 0.592. The molecule has 1 heterocycles. The Morgan fingerprint density at radius 1 is 1.40 bits per heavy atom. The standard InChI is InChI=1S/C14H24N2O2S2/c1-15-13(12-7-4-3-5-8-12)11-16(2)20(17,18)14-9-6-10-19-14/h6,9-10,12-13,15H,3-5,7-8,11H2,1-2H3/t13-/m1/s1. The van der Waals surface area contributed by atoms with Crippen molar-refractivity contribution in [1.82, 2.24) is 9.62 Å². The molecule has 2 rings (SSSR count). The largest absolute Gasteiger partial charge is 0.315 e. The monoisotopic (exact) mass is 316 g/mol. The molecule has 0 bridgehead atoms. The van der Waals surface area contributed by atoms with E-state index in [9.17, 15) is 8.42 Å². The molecule has 1 aliphatic rings. The first-order valence-corrected chi connectivity index (χ1v) is 9.55. The van der Waals surface area contributed by atoms with Crippen LogP contribution in [-0.4, -0.2) is 39.4 Å². The first-order valence-electron chi connectivity index (χ1n) is 7.23. The Morgan fingerprint density at radius 3 is 2.65 bits per heavy atom. The van der Waals surface area contributed by atoms with Gasteiger partial charge in [0.15, 0.2) is 0 Å². The maximum atomic E-state index is 12.4. The Balaban J connectivity index is 2.03. The maximum absolute atomic E-state index is 12.4. The molecule has 0 aliphatic heterocycles. The predicted octanol–water partition coefficient (Wildman–Crippen LogP) is 2.54. The third-order valence-corrected chi connectivity index (χ3v) is 7.40. The van der Waals surface area contributed by atoms with Crippen molar-refractivity contribution >= 4 is 21.4 Å². The molecule has 1 N–H and O–H groups in total. The van der Waals surface area contributed by atoms with E-state index < -0.39 is 10.0 Å². The van der Waals surface area contributed by atoms with Crippen LogP contribution in [0.5, 0.6) is 0 Å². The molecule has 1 atom stereocenters. The van der Waals surface area contributed by atoms with Crippen LogP contribution in [0.3, 0.4) is 0 Å². The molecule has 0 saturated heterocycles. The summed E-state index contributed by atoms with van der Waals surface area (Å²) in [6, 6.07) is 3.70. The van der Waals surface area contributed by atoms with E-state index in [0.717, 1.165) is 0 Å². The molecular formula is C14H24N2O2S2. The van der Waals surface area contributed by atoms with Crippen LogP contribution in [-0.2, 0) is 10.0 Å². The highest BCUT2D eigenvalue weighted by Gasteiger charge is 2.28. The van der Waals surface area contributed by atoms with E-state index in [0.29, 0.717) is 16.7 Å². The predicted molar refractivity (Wildman–Crippen MR) is 83.6 cm³/mol. The Kier molecular flexibility index (Phi) is 5.60. The van der Waals surface area contributed by atoms with Crippen LogP contribution < -0.4 is 5.32 Å². The van der Waals surface area contributed by atoms with Gasteiger partial charge in [0, 0.05) is 19.6 Å². The molecule has 1 aromatic heterocycles. The van der Waals surface area contributed by atoms with Gasteiger partial charge in [0.05, 0.1) is 0 Å². The van der Waals surface area contributed by atoms with Crippen molar-refractivity contribution in [2.24, 2.45) is 5.92 Å². The summed E-state index contributed by atoms with van der Waals surface area (Å²) in [7, 11) is 0.291. The summed E-state index contributed by atoms with van der Waals surface area (Å²) < 4.78 is 26.8. The molecule has 1 aliphatic carbocycles. The normalized spacial score (nSPS) is 19.4. The summed E-state index contributed by atoms with van der Waals surface area (Å²) in [6.07, 6.45) is 6.27. The van der Waals surface area contributed by atoms with Crippen LogP contribution in [0.4, 0.5) is 0 Å². The van der Waals surface area contributed by atoms with Crippen molar-refractivity contribution in [1.29, 1.82) is 0 Å². The molecule has 6 heteroatoms. The van der Waals surface area contributed by atoms with Crippen LogP contribution in [0.15, 0.2) is 21.7 Å². The number of nitrogens with zero attached hydrogens (tertiary/aromatic N) is 1. The summed E-state index contributed by atoms with van der Waals surface area (Å²) >= 11 is 1.28. The number of nitrogens with one attached hydrogen (secondary N) is 1. The van der Waals surface area contributed by atoms with Crippen LogP contribution in [0.2, 0.25) is 0 Å². The zero-order valence-electron chi connectivity index (χ0n) is 12.2. The van der Waals surface area contributed by atoms with Gasteiger partial charge in [-0.05, 0) is 37.3 Å². The molecule has 4 nitrogen and oxygen atoms in total. The van der Waals surface area contributed by atoms with Crippen molar-refractivity contribution in [3.8, 4) is 0 Å². The molecule has 1 saturated carbocycles. The number of hydrogen-bond donors (Lipinski definition) is 1. The number of rotatable bonds is 6. The fourth-order valence-corrected chi connectivity index (χ4v) is 5.35. The third kappa shape index (κ3) is 3.61. The maximum Gasteiger partial charge on any atom is 0.252 e. The van der Waals surface area contributed by atoms with Gasteiger partial charge in [-0.3, -0.25) is 0 Å². The third-order valence-electron chi connectivity index (χ3n) is 4.20. The topological polar surface area (TPSA) is 49.4 Å². The zero-order chi connectivity index (χ0) is 14.6. The molecule has 0 spiro atoms. The summed E-state index contributed by atoms with van der Waals surface area (Å²) in [5, 5.41) is 5.12. The second kappa shape index (κ2) is 7.02. The quantitative estimate of drug-likeness (QED) is 0.877. The Labute approximate surface area is 126 Å². The van der Waals surface area contributed by atoms with Crippen LogP contribution in [0.1, 0.15) is 32.1 Å². The fraction of sp³-hybridized carbons (Fsp3) is 0.714. The van der Waals surface area contributed by atoms with E-state index in [1.54, 1.807) is 24.6 Å².